The second-order valence-corrected chi connectivity index (χ2v) is 4.54. The van der Waals surface area contributed by atoms with Crippen molar-refractivity contribution in [1.29, 1.82) is 0 Å². The molecule has 1 saturated carbocycles. The van der Waals surface area contributed by atoms with Crippen LogP contribution < -0.4 is 9.47 Å². The van der Waals surface area contributed by atoms with Gasteiger partial charge in [0.1, 0.15) is 5.75 Å². The van der Waals surface area contributed by atoms with Gasteiger partial charge in [0.2, 0.25) is 6.79 Å². The van der Waals surface area contributed by atoms with E-state index in [1.807, 2.05) is 0 Å². The van der Waals surface area contributed by atoms with Crippen LogP contribution in [0.4, 0.5) is 0 Å². The molecule has 5 heteroatoms. The second-order valence-electron chi connectivity index (χ2n) is 4.54. The maximum absolute atomic E-state index is 10.9. The fourth-order valence-corrected chi connectivity index (χ4v) is 2.43. The summed E-state index contributed by atoms with van der Waals surface area (Å²) in [6.07, 6.45) is 1.53. The van der Waals surface area contributed by atoms with Crippen LogP contribution in [0, 0.1) is 0 Å². The monoisotopic (exact) mass is 236 g/mol. The zero-order valence-electron chi connectivity index (χ0n) is 9.10. The van der Waals surface area contributed by atoms with Gasteiger partial charge in [-0.3, -0.25) is 4.79 Å². The van der Waals surface area contributed by atoms with E-state index in [1.165, 1.54) is 6.07 Å². The van der Waals surface area contributed by atoms with Crippen molar-refractivity contribution in [1.82, 2.24) is 0 Å². The summed E-state index contributed by atoms with van der Waals surface area (Å²) in [5.41, 5.74) is 0.115. The van der Waals surface area contributed by atoms with E-state index < -0.39 is 11.4 Å². The number of hydrogen-bond donors (Lipinski definition) is 2. The molecular weight excluding hydrogens is 224 g/mol. The van der Waals surface area contributed by atoms with Crippen LogP contribution in [0.3, 0.4) is 0 Å². The summed E-state index contributed by atoms with van der Waals surface area (Å²) in [4.78, 5) is 10.9. The predicted molar refractivity (Wildman–Crippen MR) is 57.4 cm³/mol. The van der Waals surface area contributed by atoms with E-state index in [-0.39, 0.29) is 19.0 Å². The number of rotatable bonds is 3. The number of carbonyl (C=O) groups is 1. The number of carboxylic acid groups (broad SMARTS) is 1. The standard InChI is InChI=1S/C12H12O5/c13-7-1-2-8-11(17-6-16-8)10(7)12(3-4-12)5-9(14)15/h1-2,13H,3-6H2,(H,14,15). The molecule has 90 valence electrons. The molecule has 1 fully saturated rings. The number of aromatic hydroxyl groups is 1. The molecule has 1 aliphatic carbocycles. The molecule has 2 N–H and O–H groups in total. The lowest BCUT2D eigenvalue weighted by atomic mass is 9.90. The van der Waals surface area contributed by atoms with E-state index in [2.05, 4.69) is 0 Å². The highest BCUT2D eigenvalue weighted by atomic mass is 16.7. The Bertz CT molecular complexity index is 490. The molecule has 0 radical (unpaired) electrons. The maximum Gasteiger partial charge on any atom is 0.304 e. The fraction of sp³-hybridized carbons (Fsp3) is 0.417. The lowest BCUT2D eigenvalue weighted by Gasteiger charge is -2.16. The topological polar surface area (TPSA) is 76.0 Å². The highest BCUT2D eigenvalue weighted by Crippen LogP contribution is 2.59. The number of carboxylic acids is 1. The third-order valence-corrected chi connectivity index (χ3v) is 3.39. The molecule has 0 aromatic heterocycles. The summed E-state index contributed by atoms with van der Waals surface area (Å²) in [7, 11) is 0. The summed E-state index contributed by atoms with van der Waals surface area (Å²) in [5.74, 6) is 0.310. The Morgan fingerprint density at radius 3 is 2.76 bits per heavy atom. The average molecular weight is 236 g/mol. The molecule has 1 aromatic carbocycles. The third-order valence-electron chi connectivity index (χ3n) is 3.39. The number of fused-ring (bicyclic) bond motifs is 1. The molecule has 3 rings (SSSR count). The first-order valence-corrected chi connectivity index (χ1v) is 5.46. The number of benzene rings is 1. The lowest BCUT2D eigenvalue weighted by molar-refractivity contribution is -0.137. The fourth-order valence-electron chi connectivity index (χ4n) is 2.43. The first kappa shape index (κ1) is 10.3. The average Bonchev–Trinajstić information content (AvgIpc) is 2.87. The minimum atomic E-state index is -0.863. The Labute approximate surface area is 97.6 Å². The first-order valence-electron chi connectivity index (χ1n) is 5.46. The van der Waals surface area contributed by atoms with Crippen molar-refractivity contribution in [2.45, 2.75) is 24.7 Å². The molecule has 0 saturated heterocycles. The zero-order chi connectivity index (χ0) is 12.0. The van der Waals surface area contributed by atoms with Crippen molar-refractivity contribution in [3.8, 4) is 17.2 Å². The molecule has 0 amide bonds. The highest BCUT2D eigenvalue weighted by molar-refractivity contribution is 5.72. The molecule has 5 nitrogen and oxygen atoms in total. The number of phenolic OH excluding ortho intramolecular Hbond substituents is 1. The zero-order valence-corrected chi connectivity index (χ0v) is 9.10. The van der Waals surface area contributed by atoms with Gasteiger partial charge in [-0.2, -0.15) is 0 Å². The Morgan fingerprint density at radius 1 is 1.35 bits per heavy atom. The van der Waals surface area contributed by atoms with Gasteiger partial charge >= 0.3 is 5.97 Å². The third kappa shape index (κ3) is 1.50. The summed E-state index contributed by atoms with van der Waals surface area (Å²) in [6, 6.07) is 3.17. The molecule has 0 atom stereocenters. The molecule has 1 aromatic rings. The smallest absolute Gasteiger partial charge is 0.304 e. The summed E-state index contributed by atoms with van der Waals surface area (Å²) in [5, 5.41) is 18.9. The van der Waals surface area contributed by atoms with Gasteiger partial charge < -0.3 is 19.7 Å². The van der Waals surface area contributed by atoms with E-state index in [1.54, 1.807) is 6.07 Å². The Hall–Kier alpha value is -1.91. The number of phenols is 1. The van der Waals surface area contributed by atoms with Gasteiger partial charge in [-0.25, -0.2) is 0 Å². The van der Waals surface area contributed by atoms with Gasteiger partial charge in [-0.1, -0.05) is 0 Å². The molecule has 0 unspecified atom stereocenters. The van der Waals surface area contributed by atoms with Crippen molar-refractivity contribution < 1.29 is 24.5 Å². The van der Waals surface area contributed by atoms with E-state index in [9.17, 15) is 9.90 Å². The van der Waals surface area contributed by atoms with Gasteiger partial charge in [-0.15, -0.1) is 0 Å². The molecule has 1 heterocycles. The SMILES string of the molecule is O=C(O)CC1(c2c(O)ccc3c2OCO3)CC1. The molecule has 1 aliphatic heterocycles. The molecule has 17 heavy (non-hydrogen) atoms. The summed E-state index contributed by atoms with van der Waals surface area (Å²) < 4.78 is 10.6. The van der Waals surface area contributed by atoms with Crippen LogP contribution in [0.25, 0.3) is 0 Å². The number of ether oxygens (including phenoxy) is 2. The van der Waals surface area contributed by atoms with Crippen LogP contribution in [0.1, 0.15) is 24.8 Å². The highest BCUT2D eigenvalue weighted by Gasteiger charge is 2.50. The van der Waals surface area contributed by atoms with E-state index in [0.717, 1.165) is 12.8 Å². The van der Waals surface area contributed by atoms with Crippen LogP contribution in [-0.4, -0.2) is 23.0 Å². The van der Waals surface area contributed by atoms with E-state index in [0.29, 0.717) is 17.1 Å². The molecular formula is C12H12O5. The van der Waals surface area contributed by atoms with E-state index >= 15 is 0 Å². The van der Waals surface area contributed by atoms with Crippen LogP contribution in [0.15, 0.2) is 12.1 Å². The van der Waals surface area contributed by atoms with Gasteiger partial charge in [0.25, 0.3) is 0 Å². The van der Waals surface area contributed by atoms with Crippen molar-refractivity contribution in [2.24, 2.45) is 0 Å². The van der Waals surface area contributed by atoms with Crippen molar-refractivity contribution in [3.05, 3.63) is 17.7 Å². The molecule has 2 aliphatic rings. The summed E-state index contributed by atoms with van der Waals surface area (Å²) >= 11 is 0. The first-order chi connectivity index (χ1) is 8.12. The number of hydrogen-bond acceptors (Lipinski definition) is 4. The maximum atomic E-state index is 10.9. The largest absolute Gasteiger partial charge is 0.508 e. The van der Waals surface area contributed by atoms with Crippen LogP contribution in [-0.2, 0) is 10.2 Å². The Balaban J connectivity index is 2.09. The molecule has 0 spiro atoms. The normalized spacial score (nSPS) is 19.1. The van der Waals surface area contributed by atoms with Gasteiger partial charge in [0.05, 0.1) is 6.42 Å². The quantitative estimate of drug-likeness (QED) is 0.834. The van der Waals surface area contributed by atoms with Crippen LogP contribution >= 0.6 is 0 Å². The second kappa shape index (κ2) is 3.29. The van der Waals surface area contributed by atoms with Crippen molar-refractivity contribution >= 4 is 5.97 Å². The van der Waals surface area contributed by atoms with Gasteiger partial charge in [0.15, 0.2) is 11.5 Å². The Morgan fingerprint density at radius 2 is 2.12 bits per heavy atom. The number of aliphatic carboxylic acids is 1. The van der Waals surface area contributed by atoms with Gasteiger partial charge in [0, 0.05) is 11.0 Å². The minimum Gasteiger partial charge on any atom is -0.508 e. The predicted octanol–water partition coefficient (Wildman–Crippen LogP) is 1.63. The summed E-state index contributed by atoms with van der Waals surface area (Å²) in [6.45, 7) is 0.120. The van der Waals surface area contributed by atoms with Gasteiger partial charge in [-0.05, 0) is 25.0 Å². The van der Waals surface area contributed by atoms with Crippen molar-refractivity contribution in [2.75, 3.05) is 6.79 Å². The lowest BCUT2D eigenvalue weighted by Crippen LogP contribution is -2.14. The minimum absolute atomic E-state index is 0.0143. The van der Waals surface area contributed by atoms with Crippen LogP contribution in [0.5, 0.6) is 17.2 Å². The Kier molecular flexibility index (Phi) is 1.98. The molecule has 0 bridgehead atoms. The van der Waals surface area contributed by atoms with Crippen LogP contribution in [0.2, 0.25) is 0 Å². The van der Waals surface area contributed by atoms with Crippen molar-refractivity contribution in [3.63, 3.8) is 0 Å². The van der Waals surface area contributed by atoms with E-state index in [4.69, 9.17) is 14.6 Å².